The van der Waals surface area contributed by atoms with Gasteiger partial charge < -0.3 is 0 Å². The van der Waals surface area contributed by atoms with E-state index in [1.807, 2.05) is 24.3 Å². The molecule has 0 saturated carbocycles. The quantitative estimate of drug-likeness (QED) is 0.650. The third kappa shape index (κ3) is 2.03. The summed E-state index contributed by atoms with van der Waals surface area (Å²) in [4.78, 5) is 7.04. The second-order valence-corrected chi connectivity index (χ2v) is 6.51. The number of benzene rings is 1. The Morgan fingerprint density at radius 1 is 1.10 bits per heavy atom. The zero-order valence-corrected chi connectivity index (χ0v) is 12.4. The lowest BCUT2D eigenvalue weighted by atomic mass is 9.92. The van der Waals surface area contributed by atoms with Crippen molar-refractivity contribution in [1.82, 2.24) is 4.98 Å². The van der Waals surface area contributed by atoms with E-state index in [-0.39, 0.29) is 0 Å². The number of pyridine rings is 1. The molecule has 0 atom stereocenters. The van der Waals surface area contributed by atoms with Crippen LogP contribution in [0.4, 0.5) is 0 Å². The number of nitrogens with zero attached hydrogens (tertiary/aromatic N) is 2. The summed E-state index contributed by atoms with van der Waals surface area (Å²) in [6.07, 6.45) is 4.83. The molecule has 0 fully saturated rings. The molecule has 0 radical (unpaired) electrons. The highest BCUT2D eigenvalue weighted by Crippen LogP contribution is 2.40. The molecule has 1 aromatic carbocycles. The van der Waals surface area contributed by atoms with Gasteiger partial charge in [0.1, 0.15) is 16.6 Å². The Kier molecular flexibility index (Phi) is 2.98. The maximum Gasteiger partial charge on any atom is 0.142 e. The van der Waals surface area contributed by atoms with E-state index >= 15 is 0 Å². The fraction of sp³-hybridized carbons (Fsp3) is 0.222. The van der Waals surface area contributed by atoms with Crippen LogP contribution in [-0.4, -0.2) is 4.98 Å². The first-order chi connectivity index (χ1) is 10.4. The summed E-state index contributed by atoms with van der Waals surface area (Å²) in [5, 5.41) is 10.5. The minimum atomic E-state index is 0.514. The first-order valence-electron chi connectivity index (χ1n) is 7.27. The topological polar surface area (TPSA) is 36.7 Å². The Labute approximate surface area is 127 Å². The average Bonchev–Trinajstić information content (AvgIpc) is 2.93. The van der Waals surface area contributed by atoms with Gasteiger partial charge in [-0.05, 0) is 48.4 Å². The molecule has 0 amide bonds. The molecule has 4 rings (SSSR count). The van der Waals surface area contributed by atoms with Crippen molar-refractivity contribution in [3.63, 3.8) is 0 Å². The Bertz CT molecular complexity index is 856. The summed E-state index contributed by atoms with van der Waals surface area (Å²) in [6, 6.07) is 14.5. The SMILES string of the molecule is N#Cc1cc(-c2ccccc2)c2c3c(sc2n1)CCCC3. The van der Waals surface area contributed by atoms with Crippen molar-refractivity contribution in [2.24, 2.45) is 0 Å². The molecule has 2 aromatic heterocycles. The van der Waals surface area contributed by atoms with Crippen LogP contribution < -0.4 is 0 Å². The van der Waals surface area contributed by atoms with E-state index in [0.717, 1.165) is 23.2 Å². The van der Waals surface area contributed by atoms with Crippen LogP contribution in [-0.2, 0) is 12.8 Å². The molecule has 0 bridgehead atoms. The molecule has 1 aliphatic rings. The molecule has 0 saturated heterocycles. The summed E-state index contributed by atoms with van der Waals surface area (Å²) in [6.45, 7) is 0. The lowest BCUT2D eigenvalue weighted by Crippen LogP contribution is -1.98. The van der Waals surface area contributed by atoms with Crippen molar-refractivity contribution >= 4 is 21.6 Å². The zero-order valence-electron chi connectivity index (χ0n) is 11.6. The van der Waals surface area contributed by atoms with Gasteiger partial charge in [-0.1, -0.05) is 30.3 Å². The predicted molar refractivity (Wildman–Crippen MR) is 86.4 cm³/mol. The molecule has 0 spiro atoms. The van der Waals surface area contributed by atoms with Gasteiger partial charge in [-0.25, -0.2) is 4.98 Å². The van der Waals surface area contributed by atoms with E-state index < -0.39 is 0 Å². The van der Waals surface area contributed by atoms with Gasteiger partial charge in [0.2, 0.25) is 0 Å². The van der Waals surface area contributed by atoms with Crippen molar-refractivity contribution in [2.45, 2.75) is 25.7 Å². The van der Waals surface area contributed by atoms with Crippen LogP contribution in [0.15, 0.2) is 36.4 Å². The fourth-order valence-electron chi connectivity index (χ4n) is 3.16. The van der Waals surface area contributed by atoms with Crippen molar-refractivity contribution in [1.29, 1.82) is 5.26 Å². The molecule has 0 aliphatic heterocycles. The Morgan fingerprint density at radius 2 is 1.90 bits per heavy atom. The molecule has 0 unspecified atom stereocenters. The molecule has 0 N–H and O–H groups in total. The molecule has 3 aromatic rings. The Balaban J connectivity index is 2.08. The van der Waals surface area contributed by atoms with Gasteiger partial charge in [0.05, 0.1) is 0 Å². The lowest BCUT2D eigenvalue weighted by molar-refractivity contribution is 0.700. The largest absolute Gasteiger partial charge is 0.226 e. The van der Waals surface area contributed by atoms with E-state index in [1.165, 1.54) is 34.2 Å². The summed E-state index contributed by atoms with van der Waals surface area (Å²) < 4.78 is 0. The van der Waals surface area contributed by atoms with Crippen molar-refractivity contribution in [2.75, 3.05) is 0 Å². The monoisotopic (exact) mass is 290 g/mol. The lowest BCUT2D eigenvalue weighted by Gasteiger charge is -2.12. The molecular formula is C18H14N2S. The standard InChI is InChI=1S/C18H14N2S/c19-11-13-10-15(12-6-2-1-3-7-12)17-14-8-4-5-9-16(14)21-18(17)20-13/h1-3,6-7,10H,4-5,8-9H2. The van der Waals surface area contributed by atoms with Gasteiger partial charge >= 0.3 is 0 Å². The van der Waals surface area contributed by atoms with Crippen LogP contribution in [0, 0.1) is 11.3 Å². The Hall–Kier alpha value is -2.18. The third-order valence-corrected chi connectivity index (χ3v) is 5.31. The molecular weight excluding hydrogens is 276 g/mol. The van der Waals surface area contributed by atoms with Crippen LogP contribution in [0.3, 0.4) is 0 Å². The second-order valence-electron chi connectivity index (χ2n) is 5.42. The van der Waals surface area contributed by atoms with Crippen LogP contribution >= 0.6 is 11.3 Å². The number of aromatic nitrogens is 1. The molecule has 2 nitrogen and oxygen atoms in total. The second kappa shape index (κ2) is 4.98. The molecule has 102 valence electrons. The third-order valence-electron chi connectivity index (χ3n) is 4.12. The smallest absolute Gasteiger partial charge is 0.142 e. The summed E-state index contributed by atoms with van der Waals surface area (Å²) in [5.41, 5.74) is 4.32. The summed E-state index contributed by atoms with van der Waals surface area (Å²) in [5.74, 6) is 0. The summed E-state index contributed by atoms with van der Waals surface area (Å²) in [7, 11) is 0. The highest BCUT2D eigenvalue weighted by Gasteiger charge is 2.20. The number of thiophene rings is 1. The number of nitriles is 1. The zero-order chi connectivity index (χ0) is 14.2. The predicted octanol–water partition coefficient (Wildman–Crippen LogP) is 4.71. The summed E-state index contributed by atoms with van der Waals surface area (Å²) >= 11 is 1.78. The van der Waals surface area contributed by atoms with Crippen LogP contribution in [0.5, 0.6) is 0 Å². The van der Waals surface area contributed by atoms with E-state index in [0.29, 0.717) is 5.69 Å². The van der Waals surface area contributed by atoms with Crippen molar-refractivity contribution in [3.05, 3.63) is 52.5 Å². The van der Waals surface area contributed by atoms with Gasteiger partial charge in [-0.2, -0.15) is 5.26 Å². The fourth-order valence-corrected chi connectivity index (χ4v) is 4.45. The van der Waals surface area contributed by atoms with E-state index in [2.05, 4.69) is 23.2 Å². The van der Waals surface area contributed by atoms with Crippen LogP contribution in [0.25, 0.3) is 21.3 Å². The highest BCUT2D eigenvalue weighted by atomic mass is 32.1. The number of hydrogen-bond acceptors (Lipinski definition) is 3. The van der Waals surface area contributed by atoms with E-state index in [1.54, 1.807) is 11.3 Å². The normalized spacial score (nSPS) is 13.9. The minimum absolute atomic E-state index is 0.514. The van der Waals surface area contributed by atoms with Gasteiger partial charge in [-0.15, -0.1) is 11.3 Å². The average molecular weight is 290 g/mol. The van der Waals surface area contributed by atoms with E-state index in [4.69, 9.17) is 0 Å². The van der Waals surface area contributed by atoms with Gasteiger partial charge in [0.15, 0.2) is 0 Å². The molecule has 1 aliphatic carbocycles. The van der Waals surface area contributed by atoms with Crippen LogP contribution in [0.2, 0.25) is 0 Å². The van der Waals surface area contributed by atoms with Gasteiger partial charge in [0, 0.05) is 10.3 Å². The number of fused-ring (bicyclic) bond motifs is 3. The molecule has 3 heteroatoms. The Morgan fingerprint density at radius 3 is 2.71 bits per heavy atom. The first-order valence-corrected chi connectivity index (χ1v) is 8.09. The van der Waals surface area contributed by atoms with Crippen LogP contribution in [0.1, 0.15) is 29.0 Å². The maximum atomic E-state index is 9.26. The van der Waals surface area contributed by atoms with E-state index in [9.17, 15) is 5.26 Å². The highest BCUT2D eigenvalue weighted by molar-refractivity contribution is 7.19. The van der Waals surface area contributed by atoms with Gasteiger partial charge in [-0.3, -0.25) is 0 Å². The molecule has 2 heterocycles. The van der Waals surface area contributed by atoms with Crippen molar-refractivity contribution in [3.8, 4) is 17.2 Å². The minimum Gasteiger partial charge on any atom is -0.226 e. The number of rotatable bonds is 1. The number of aryl methyl sites for hydroxylation is 2. The first kappa shape index (κ1) is 12.6. The molecule has 21 heavy (non-hydrogen) atoms. The number of hydrogen-bond donors (Lipinski definition) is 0. The van der Waals surface area contributed by atoms with Crippen molar-refractivity contribution < 1.29 is 0 Å². The maximum absolute atomic E-state index is 9.26. The van der Waals surface area contributed by atoms with Gasteiger partial charge in [0.25, 0.3) is 0 Å².